The van der Waals surface area contributed by atoms with Crippen LogP contribution in [0, 0.1) is 13.8 Å². The lowest BCUT2D eigenvalue weighted by Gasteiger charge is -2.37. The number of benzene rings is 1. The summed E-state index contributed by atoms with van der Waals surface area (Å²) in [5.41, 5.74) is 1.67. The maximum atomic E-state index is 13.0. The van der Waals surface area contributed by atoms with Crippen LogP contribution in [0.1, 0.15) is 73.7 Å². The molecule has 1 aliphatic heterocycles. The van der Waals surface area contributed by atoms with Crippen molar-refractivity contribution in [1.29, 1.82) is 0 Å². The summed E-state index contributed by atoms with van der Waals surface area (Å²) < 4.78 is 7.82. The van der Waals surface area contributed by atoms with E-state index in [1.54, 1.807) is 4.68 Å². The molecule has 2 atom stereocenters. The first-order valence-corrected chi connectivity index (χ1v) is 11.5. The van der Waals surface area contributed by atoms with E-state index in [-0.39, 0.29) is 30.0 Å². The molecule has 8 heteroatoms. The zero-order chi connectivity index (χ0) is 23.3. The van der Waals surface area contributed by atoms with E-state index < -0.39 is 0 Å². The van der Waals surface area contributed by atoms with Gasteiger partial charge in [0.2, 0.25) is 5.91 Å². The number of aryl methyl sites for hydroxylation is 3. The number of carbonyl (C=O) groups is 2. The van der Waals surface area contributed by atoms with Crippen molar-refractivity contribution in [3.63, 3.8) is 0 Å². The lowest BCUT2D eigenvalue weighted by Crippen LogP contribution is -2.44. The van der Waals surface area contributed by atoms with Gasteiger partial charge in [0, 0.05) is 37.2 Å². The third-order valence-corrected chi connectivity index (χ3v) is 5.82. The van der Waals surface area contributed by atoms with Crippen molar-refractivity contribution in [2.24, 2.45) is 0 Å². The Morgan fingerprint density at radius 2 is 1.97 bits per heavy atom. The van der Waals surface area contributed by atoms with Crippen molar-refractivity contribution in [3.05, 3.63) is 47.0 Å². The number of aromatic nitrogens is 3. The summed E-state index contributed by atoms with van der Waals surface area (Å²) in [4.78, 5) is 31.5. The molecule has 3 rings (SSSR count). The molecule has 2 heterocycles. The molecule has 2 amide bonds. The molecule has 0 radical (unpaired) electrons. The Morgan fingerprint density at radius 3 is 2.56 bits per heavy atom. The van der Waals surface area contributed by atoms with E-state index in [0.717, 1.165) is 30.1 Å². The molecule has 0 saturated carbocycles. The van der Waals surface area contributed by atoms with Crippen molar-refractivity contribution in [2.45, 2.75) is 78.6 Å². The van der Waals surface area contributed by atoms with Crippen LogP contribution < -0.4 is 5.32 Å². The summed E-state index contributed by atoms with van der Waals surface area (Å²) >= 11 is 0. The van der Waals surface area contributed by atoms with Crippen molar-refractivity contribution in [1.82, 2.24) is 25.0 Å². The van der Waals surface area contributed by atoms with E-state index in [1.807, 2.05) is 63.8 Å². The zero-order valence-corrected chi connectivity index (χ0v) is 19.8. The summed E-state index contributed by atoms with van der Waals surface area (Å²) in [5, 5.41) is 7.26. The van der Waals surface area contributed by atoms with Crippen LogP contribution in [-0.2, 0) is 16.1 Å². The molecule has 1 aromatic heterocycles. The van der Waals surface area contributed by atoms with Crippen LogP contribution >= 0.6 is 0 Å². The number of rotatable bonds is 8. The Labute approximate surface area is 190 Å². The quantitative estimate of drug-likeness (QED) is 0.680. The van der Waals surface area contributed by atoms with Gasteiger partial charge in [-0.3, -0.25) is 9.59 Å². The summed E-state index contributed by atoms with van der Waals surface area (Å²) in [6.07, 6.45) is 1.89. The Bertz CT molecular complexity index is 922. The summed E-state index contributed by atoms with van der Waals surface area (Å²) in [5.74, 6) is 1.61. The third-order valence-electron chi connectivity index (χ3n) is 5.82. The highest BCUT2D eigenvalue weighted by Crippen LogP contribution is 2.31. The van der Waals surface area contributed by atoms with Gasteiger partial charge in [-0.1, -0.05) is 12.1 Å². The van der Waals surface area contributed by atoms with Gasteiger partial charge in [0.25, 0.3) is 5.91 Å². The Hall–Kier alpha value is -2.74. The van der Waals surface area contributed by atoms with E-state index in [0.29, 0.717) is 31.7 Å². The number of hydrogen-bond donors (Lipinski definition) is 1. The predicted molar refractivity (Wildman–Crippen MR) is 122 cm³/mol. The molecule has 0 spiro atoms. The second kappa shape index (κ2) is 10.7. The number of nitrogens with zero attached hydrogens (tertiary/aromatic N) is 4. The molecule has 0 aliphatic carbocycles. The smallest absolute Gasteiger partial charge is 0.251 e. The summed E-state index contributed by atoms with van der Waals surface area (Å²) in [6.45, 7) is 11.5. The first-order valence-electron chi connectivity index (χ1n) is 11.5. The standard InChI is InChI=1S/C24H35N5O3/c1-6-28(23(30)11-13-29-18(5)26-17(4)27-29)21-12-14-32-22(15-21)19-7-9-20(10-8-19)24(31)25-16(2)3/h7-10,16,21-22H,6,11-15H2,1-5H3,(H,25,31)/t21-,22+/m1/s1. The molecule has 0 bridgehead atoms. The minimum atomic E-state index is -0.0852. The van der Waals surface area contributed by atoms with Crippen molar-refractivity contribution in [3.8, 4) is 0 Å². The average molecular weight is 442 g/mol. The summed E-state index contributed by atoms with van der Waals surface area (Å²) in [7, 11) is 0. The van der Waals surface area contributed by atoms with Gasteiger partial charge in [0.1, 0.15) is 11.6 Å². The van der Waals surface area contributed by atoms with Crippen molar-refractivity contribution in [2.75, 3.05) is 13.2 Å². The van der Waals surface area contributed by atoms with E-state index in [4.69, 9.17) is 4.74 Å². The van der Waals surface area contributed by atoms with E-state index in [1.165, 1.54) is 0 Å². The molecule has 8 nitrogen and oxygen atoms in total. The second-order valence-corrected chi connectivity index (χ2v) is 8.65. The zero-order valence-electron chi connectivity index (χ0n) is 19.8. The van der Waals surface area contributed by atoms with Crippen LogP contribution in [0.25, 0.3) is 0 Å². The molecule has 1 N–H and O–H groups in total. The van der Waals surface area contributed by atoms with Gasteiger partial charge in [-0.2, -0.15) is 5.10 Å². The molecular formula is C24H35N5O3. The van der Waals surface area contributed by atoms with Gasteiger partial charge < -0.3 is 15.0 Å². The lowest BCUT2D eigenvalue weighted by molar-refractivity contribution is -0.137. The number of ether oxygens (including phenoxy) is 1. The Morgan fingerprint density at radius 1 is 1.25 bits per heavy atom. The van der Waals surface area contributed by atoms with Crippen LogP contribution in [0.5, 0.6) is 0 Å². The first-order chi connectivity index (χ1) is 15.3. The topological polar surface area (TPSA) is 89.3 Å². The highest BCUT2D eigenvalue weighted by Gasteiger charge is 2.30. The predicted octanol–water partition coefficient (Wildman–Crippen LogP) is 3.19. The number of carbonyl (C=O) groups excluding carboxylic acids is 2. The molecule has 1 fully saturated rings. The van der Waals surface area contributed by atoms with Gasteiger partial charge >= 0.3 is 0 Å². The SMILES string of the molecule is CCN(C(=O)CCn1nc(C)nc1C)[C@@H]1CCO[C@H](c2ccc(C(=O)NC(C)C)cc2)C1. The molecular weight excluding hydrogens is 406 g/mol. The minimum absolute atomic E-state index is 0.0745. The maximum Gasteiger partial charge on any atom is 0.251 e. The normalized spacial score (nSPS) is 18.6. The number of amides is 2. The van der Waals surface area contributed by atoms with Crippen LogP contribution in [0.4, 0.5) is 0 Å². The fraction of sp³-hybridized carbons (Fsp3) is 0.583. The maximum absolute atomic E-state index is 13.0. The lowest BCUT2D eigenvalue weighted by atomic mass is 9.95. The van der Waals surface area contributed by atoms with Crippen LogP contribution in [0.3, 0.4) is 0 Å². The van der Waals surface area contributed by atoms with Gasteiger partial charge in [0.15, 0.2) is 0 Å². The highest BCUT2D eigenvalue weighted by atomic mass is 16.5. The fourth-order valence-corrected chi connectivity index (χ4v) is 4.25. The molecule has 174 valence electrons. The van der Waals surface area contributed by atoms with Crippen molar-refractivity contribution < 1.29 is 14.3 Å². The van der Waals surface area contributed by atoms with E-state index >= 15 is 0 Å². The van der Waals surface area contributed by atoms with Gasteiger partial charge in [-0.05, 0) is 65.2 Å². The molecule has 1 aromatic carbocycles. The fourth-order valence-electron chi connectivity index (χ4n) is 4.25. The largest absolute Gasteiger partial charge is 0.373 e. The Kier molecular flexibility index (Phi) is 8.01. The minimum Gasteiger partial charge on any atom is -0.373 e. The van der Waals surface area contributed by atoms with Crippen LogP contribution in [0.15, 0.2) is 24.3 Å². The second-order valence-electron chi connectivity index (χ2n) is 8.65. The van der Waals surface area contributed by atoms with E-state index in [2.05, 4.69) is 15.4 Å². The number of hydrogen-bond acceptors (Lipinski definition) is 5. The number of nitrogens with one attached hydrogen (secondary N) is 1. The molecule has 32 heavy (non-hydrogen) atoms. The molecule has 2 aromatic rings. The molecule has 1 aliphatic rings. The molecule has 1 saturated heterocycles. The third kappa shape index (κ3) is 5.94. The van der Waals surface area contributed by atoms with E-state index in [9.17, 15) is 9.59 Å². The summed E-state index contributed by atoms with van der Waals surface area (Å²) in [6, 6.07) is 7.82. The first kappa shape index (κ1) is 23.9. The monoisotopic (exact) mass is 441 g/mol. The molecule has 0 unspecified atom stereocenters. The van der Waals surface area contributed by atoms with Crippen LogP contribution in [-0.4, -0.2) is 56.7 Å². The highest BCUT2D eigenvalue weighted by molar-refractivity contribution is 5.94. The average Bonchev–Trinajstić information content (AvgIpc) is 3.09. The van der Waals surface area contributed by atoms with Gasteiger partial charge in [0.05, 0.1) is 12.6 Å². The van der Waals surface area contributed by atoms with Gasteiger partial charge in [-0.15, -0.1) is 0 Å². The van der Waals surface area contributed by atoms with Gasteiger partial charge in [-0.25, -0.2) is 9.67 Å². The Balaban J connectivity index is 1.61. The van der Waals surface area contributed by atoms with Crippen LogP contribution in [0.2, 0.25) is 0 Å². The van der Waals surface area contributed by atoms with Crippen molar-refractivity contribution >= 4 is 11.8 Å².